The van der Waals surface area contributed by atoms with E-state index < -0.39 is 23.2 Å². The van der Waals surface area contributed by atoms with Crippen molar-refractivity contribution in [2.24, 2.45) is 11.3 Å². The Kier molecular flexibility index (Phi) is 1.11. The van der Waals surface area contributed by atoms with Gasteiger partial charge in [-0.2, -0.15) is 0 Å². The summed E-state index contributed by atoms with van der Waals surface area (Å²) >= 11 is 0. The molecule has 0 aliphatic heterocycles. The molecule has 1 aliphatic rings. The Morgan fingerprint density at radius 3 is 1.80 bits per heavy atom. The second-order valence-electron chi connectivity index (χ2n) is 3.12. The van der Waals surface area contributed by atoms with Crippen LogP contribution in [-0.4, -0.2) is 17.0 Å². The normalized spacial score (nSPS) is 33.4. The van der Waals surface area contributed by atoms with Crippen molar-refractivity contribution < 1.29 is 18.7 Å². The molecule has 10 heavy (non-hydrogen) atoms. The fourth-order valence-electron chi connectivity index (χ4n) is 1.12. The van der Waals surface area contributed by atoms with E-state index >= 15 is 0 Å². The molecule has 0 heterocycles. The number of carboxylic acids is 1. The van der Waals surface area contributed by atoms with Gasteiger partial charge in [-0.05, 0) is 0 Å². The molecule has 0 radical (unpaired) electrons. The predicted molar refractivity (Wildman–Crippen MR) is 29.9 cm³/mol. The Morgan fingerprint density at radius 2 is 1.80 bits per heavy atom. The lowest BCUT2D eigenvalue weighted by atomic mass is 10.1. The molecule has 0 amide bonds. The molecule has 0 unspecified atom stereocenters. The van der Waals surface area contributed by atoms with Crippen LogP contribution in [0.3, 0.4) is 0 Å². The molecule has 0 spiro atoms. The summed E-state index contributed by atoms with van der Waals surface area (Å²) in [4.78, 5) is 10.1. The molecule has 0 bridgehead atoms. The fraction of sp³-hybridized carbons (Fsp3) is 0.833. The average molecular weight is 150 g/mol. The van der Waals surface area contributed by atoms with E-state index in [1.807, 2.05) is 0 Å². The molecule has 1 saturated carbocycles. The van der Waals surface area contributed by atoms with Gasteiger partial charge in [0.1, 0.15) is 5.92 Å². The van der Waals surface area contributed by atoms with Crippen molar-refractivity contribution in [2.75, 3.05) is 0 Å². The first kappa shape index (κ1) is 7.44. The number of aliphatic carboxylic acids is 1. The van der Waals surface area contributed by atoms with E-state index in [4.69, 9.17) is 5.11 Å². The Labute approximate surface area is 56.8 Å². The molecule has 1 rings (SSSR count). The van der Waals surface area contributed by atoms with Gasteiger partial charge in [0.15, 0.2) is 0 Å². The van der Waals surface area contributed by atoms with Gasteiger partial charge in [0.05, 0.1) is 0 Å². The summed E-state index contributed by atoms with van der Waals surface area (Å²) in [6.07, 6.45) is 0. The smallest absolute Gasteiger partial charge is 0.313 e. The first-order valence-corrected chi connectivity index (χ1v) is 2.92. The van der Waals surface area contributed by atoms with E-state index in [9.17, 15) is 13.6 Å². The van der Waals surface area contributed by atoms with Crippen molar-refractivity contribution >= 4 is 5.97 Å². The molecule has 1 N–H and O–H groups in total. The molecule has 1 fully saturated rings. The quantitative estimate of drug-likeness (QED) is 0.612. The highest BCUT2D eigenvalue weighted by molar-refractivity contribution is 5.77. The van der Waals surface area contributed by atoms with Crippen LogP contribution in [0.2, 0.25) is 0 Å². The lowest BCUT2D eigenvalue weighted by Crippen LogP contribution is -2.04. The maximum atomic E-state index is 12.4. The molecule has 2 nitrogen and oxygen atoms in total. The summed E-state index contributed by atoms with van der Waals surface area (Å²) in [6, 6.07) is 0. The summed E-state index contributed by atoms with van der Waals surface area (Å²) in [5, 5.41) is 8.24. The Bertz CT molecular complexity index is 172. The molecular weight excluding hydrogens is 142 g/mol. The Balaban J connectivity index is 2.81. The van der Waals surface area contributed by atoms with E-state index in [2.05, 4.69) is 0 Å². The van der Waals surface area contributed by atoms with E-state index in [-0.39, 0.29) is 0 Å². The van der Waals surface area contributed by atoms with Crippen molar-refractivity contribution in [1.29, 1.82) is 0 Å². The van der Waals surface area contributed by atoms with Crippen molar-refractivity contribution in [3.63, 3.8) is 0 Å². The number of carboxylic acid groups (broad SMARTS) is 1. The maximum Gasteiger partial charge on any atom is 0.313 e. The van der Waals surface area contributed by atoms with Crippen molar-refractivity contribution in [3.8, 4) is 0 Å². The topological polar surface area (TPSA) is 37.3 Å². The maximum absolute atomic E-state index is 12.4. The van der Waals surface area contributed by atoms with Crippen LogP contribution >= 0.6 is 0 Å². The van der Waals surface area contributed by atoms with E-state index in [1.54, 1.807) is 0 Å². The third-order valence-electron chi connectivity index (χ3n) is 2.11. The van der Waals surface area contributed by atoms with E-state index in [0.29, 0.717) is 0 Å². The fourth-order valence-corrected chi connectivity index (χ4v) is 1.12. The van der Waals surface area contributed by atoms with Gasteiger partial charge in [0, 0.05) is 5.41 Å². The third-order valence-corrected chi connectivity index (χ3v) is 2.11. The number of rotatable bonds is 1. The number of alkyl halides is 2. The second kappa shape index (κ2) is 1.49. The van der Waals surface area contributed by atoms with E-state index in [0.717, 1.165) is 0 Å². The van der Waals surface area contributed by atoms with E-state index in [1.165, 1.54) is 13.8 Å². The molecule has 0 saturated heterocycles. The van der Waals surface area contributed by atoms with Crippen LogP contribution in [0.4, 0.5) is 8.78 Å². The summed E-state index contributed by atoms with van der Waals surface area (Å²) in [7, 11) is 0. The van der Waals surface area contributed by atoms with Crippen LogP contribution in [0.5, 0.6) is 0 Å². The van der Waals surface area contributed by atoms with Crippen LogP contribution in [-0.2, 0) is 4.79 Å². The molecule has 1 atom stereocenters. The first-order chi connectivity index (χ1) is 4.32. The summed E-state index contributed by atoms with van der Waals surface area (Å²) in [6.45, 7) is 2.51. The van der Waals surface area contributed by atoms with Gasteiger partial charge in [-0.15, -0.1) is 0 Å². The zero-order valence-corrected chi connectivity index (χ0v) is 5.69. The highest BCUT2D eigenvalue weighted by Gasteiger charge is 2.78. The zero-order chi connectivity index (χ0) is 8.15. The predicted octanol–water partition coefficient (Wildman–Crippen LogP) is 1.36. The highest BCUT2D eigenvalue weighted by Crippen LogP contribution is 2.65. The molecule has 58 valence electrons. The third kappa shape index (κ3) is 0.589. The van der Waals surface area contributed by atoms with Gasteiger partial charge in [-0.1, -0.05) is 13.8 Å². The molecule has 4 heteroatoms. The SMILES string of the molecule is CC1(C)[C@H](C(=O)O)C1(F)F. The molecular formula is C6H8F2O2. The summed E-state index contributed by atoms with van der Waals surface area (Å²) in [5.41, 5.74) is -1.35. The first-order valence-electron chi connectivity index (χ1n) is 2.92. The van der Waals surface area contributed by atoms with Crippen molar-refractivity contribution in [3.05, 3.63) is 0 Å². The van der Waals surface area contributed by atoms with Crippen LogP contribution < -0.4 is 0 Å². The largest absolute Gasteiger partial charge is 0.481 e. The lowest BCUT2D eigenvalue weighted by Gasteiger charge is -1.95. The van der Waals surface area contributed by atoms with Gasteiger partial charge in [-0.3, -0.25) is 4.79 Å². The lowest BCUT2D eigenvalue weighted by molar-refractivity contribution is -0.141. The van der Waals surface area contributed by atoms with Gasteiger partial charge < -0.3 is 5.11 Å². The highest BCUT2D eigenvalue weighted by atomic mass is 19.3. The van der Waals surface area contributed by atoms with Crippen molar-refractivity contribution in [2.45, 2.75) is 19.8 Å². The number of hydrogen-bond donors (Lipinski definition) is 1. The summed E-state index contributed by atoms with van der Waals surface area (Å²) in [5.74, 6) is -5.91. The van der Waals surface area contributed by atoms with Gasteiger partial charge >= 0.3 is 5.97 Å². The number of halogens is 2. The van der Waals surface area contributed by atoms with Crippen LogP contribution in [0.1, 0.15) is 13.8 Å². The van der Waals surface area contributed by atoms with Crippen LogP contribution in [0.25, 0.3) is 0 Å². The average Bonchev–Trinajstić information content (AvgIpc) is 1.97. The van der Waals surface area contributed by atoms with Gasteiger partial charge in [0.2, 0.25) is 0 Å². The van der Waals surface area contributed by atoms with Crippen LogP contribution in [0.15, 0.2) is 0 Å². The molecule has 0 aromatic carbocycles. The Hall–Kier alpha value is -0.670. The number of carbonyl (C=O) groups is 1. The number of hydrogen-bond acceptors (Lipinski definition) is 1. The molecule has 0 aromatic rings. The van der Waals surface area contributed by atoms with Gasteiger partial charge in [-0.25, -0.2) is 8.78 Å². The zero-order valence-electron chi connectivity index (χ0n) is 5.69. The Morgan fingerprint density at radius 1 is 1.50 bits per heavy atom. The minimum Gasteiger partial charge on any atom is -0.481 e. The minimum absolute atomic E-state index is 1.26. The monoisotopic (exact) mass is 150 g/mol. The standard InChI is InChI=1S/C6H8F2O2/c1-5(2)3(4(9)10)6(5,7)8/h3H,1-2H3,(H,9,10)/t3-/m0/s1. The van der Waals surface area contributed by atoms with Crippen LogP contribution in [0, 0.1) is 11.3 Å². The summed E-state index contributed by atoms with van der Waals surface area (Å²) < 4.78 is 24.9. The molecule has 1 aliphatic carbocycles. The molecule has 0 aromatic heterocycles. The van der Waals surface area contributed by atoms with Crippen molar-refractivity contribution in [1.82, 2.24) is 0 Å². The minimum atomic E-state index is -3.02. The van der Waals surface area contributed by atoms with Gasteiger partial charge in [0.25, 0.3) is 5.92 Å². The second-order valence-corrected chi connectivity index (χ2v) is 3.12.